The summed E-state index contributed by atoms with van der Waals surface area (Å²) >= 11 is 0. The van der Waals surface area contributed by atoms with E-state index in [0.717, 1.165) is 17.7 Å². The van der Waals surface area contributed by atoms with Crippen LogP contribution in [0.5, 0.6) is 5.75 Å². The van der Waals surface area contributed by atoms with Crippen molar-refractivity contribution >= 4 is 0 Å². The van der Waals surface area contributed by atoms with E-state index >= 15 is 0 Å². The Kier molecular flexibility index (Phi) is 4.81. The second-order valence-corrected chi connectivity index (χ2v) is 4.08. The molecule has 0 aliphatic carbocycles. The molecule has 2 nitrogen and oxygen atoms in total. The molecule has 0 atom stereocenters. The van der Waals surface area contributed by atoms with Gasteiger partial charge in [-0.15, -0.1) is 0 Å². The Morgan fingerprint density at radius 3 is 2.31 bits per heavy atom. The topological polar surface area (TPSA) is 29.5 Å². The smallest absolute Gasteiger partial charge is 0.125 e. The van der Waals surface area contributed by atoms with Crippen LogP contribution in [-0.4, -0.2) is 11.7 Å². The van der Waals surface area contributed by atoms with Gasteiger partial charge in [-0.25, -0.2) is 0 Å². The lowest BCUT2D eigenvalue weighted by atomic mass is 9.88. The number of rotatable bonds is 6. The minimum absolute atomic E-state index is 0.695. The van der Waals surface area contributed by atoms with Crippen LogP contribution in [0.1, 0.15) is 45.6 Å². The predicted octanol–water partition coefficient (Wildman–Crippen LogP) is 3.48. The monoisotopic (exact) mass is 222 g/mol. The highest BCUT2D eigenvalue weighted by molar-refractivity contribution is 5.37. The van der Waals surface area contributed by atoms with E-state index in [4.69, 9.17) is 4.74 Å². The van der Waals surface area contributed by atoms with Gasteiger partial charge in [-0.1, -0.05) is 39.0 Å². The van der Waals surface area contributed by atoms with Gasteiger partial charge >= 0.3 is 0 Å². The van der Waals surface area contributed by atoms with Crippen molar-refractivity contribution < 1.29 is 9.84 Å². The summed E-state index contributed by atoms with van der Waals surface area (Å²) < 4.78 is 5.68. The van der Waals surface area contributed by atoms with Crippen molar-refractivity contribution in [2.75, 3.05) is 6.61 Å². The number of benzene rings is 1. The van der Waals surface area contributed by atoms with Crippen LogP contribution in [0.25, 0.3) is 0 Å². The molecular formula is C14H22O2. The van der Waals surface area contributed by atoms with Gasteiger partial charge in [0.2, 0.25) is 0 Å². The quantitative estimate of drug-likeness (QED) is 0.798. The van der Waals surface area contributed by atoms with Gasteiger partial charge in [-0.2, -0.15) is 0 Å². The van der Waals surface area contributed by atoms with E-state index in [1.165, 1.54) is 0 Å². The predicted molar refractivity (Wildman–Crippen MR) is 66.7 cm³/mol. The summed E-state index contributed by atoms with van der Waals surface area (Å²) in [5.41, 5.74) is 0.151. The molecule has 2 heteroatoms. The molecule has 90 valence electrons. The summed E-state index contributed by atoms with van der Waals surface area (Å²) in [4.78, 5) is 0. The summed E-state index contributed by atoms with van der Waals surface area (Å²) in [6.07, 6.45) is 2.39. The molecule has 0 amide bonds. The Morgan fingerprint density at radius 1 is 1.12 bits per heavy atom. The highest BCUT2D eigenvalue weighted by Gasteiger charge is 2.27. The fraction of sp³-hybridized carbons (Fsp3) is 0.571. The van der Waals surface area contributed by atoms with Gasteiger partial charge in [0.15, 0.2) is 0 Å². The van der Waals surface area contributed by atoms with E-state index < -0.39 is 5.60 Å². The lowest BCUT2D eigenvalue weighted by Crippen LogP contribution is -2.24. The first-order valence-electron chi connectivity index (χ1n) is 6.12. The number of ether oxygens (including phenoxy) is 1. The van der Waals surface area contributed by atoms with E-state index in [1.807, 2.05) is 38.1 Å². The van der Waals surface area contributed by atoms with Crippen LogP contribution < -0.4 is 4.74 Å². The minimum atomic E-state index is -0.760. The summed E-state index contributed by atoms with van der Waals surface area (Å²) in [7, 11) is 0. The first-order valence-corrected chi connectivity index (χ1v) is 6.12. The summed E-state index contributed by atoms with van der Waals surface area (Å²) in [6, 6.07) is 7.78. The lowest BCUT2D eigenvalue weighted by Gasteiger charge is -2.27. The minimum Gasteiger partial charge on any atom is -0.493 e. The third kappa shape index (κ3) is 2.76. The van der Waals surface area contributed by atoms with E-state index in [2.05, 4.69) is 6.92 Å². The normalized spacial score (nSPS) is 11.5. The molecular weight excluding hydrogens is 200 g/mol. The summed E-state index contributed by atoms with van der Waals surface area (Å²) in [5.74, 6) is 0.815. The second-order valence-electron chi connectivity index (χ2n) is 4.08. The molecule has 0 fully saturated rings. The van der Waals surface area contributed by atoms with E-state index in [9.17, 15) is 5.11 Å². The molecule has 0 bridgehead atoms. The van der Waals surface area contributed by atoms with Crippen LogP contribution in [0.3, 0.4) is 0 Å². The number of aliphatic hydroxyl groups is 1. The highest BCUT2D eigenvalue weighted by atomic mass is 16.5. The molecule has 0 radical (unpaired) electrons. The second kappa shape index (κ2) is 5.90. The fourth-order valence-electron chi connectivity index (χ4n) is 1.82. The number of hydrogen-bond donors (Lipinski definition) is 1. The maximum atomic E-state index is 10.5. The van der Waals surface area contributed by atoms with Crippen molar-refractivity contribution in [2.24, 2.45) is 0 Å². The Bertz CT molecular complexity index is 316. The zero-order valence-electron chi connectivity index (χ0n) is 10.5. The third-order valence-corrected chi connectivity index (χ3v) is 3.02. The SMILES string of the molecule is CCCOc1ccccc1C(O)(CC)CC. The average molecular weight is 222 g/mol. The first-order chi connectivity index (χ1) is 7.68. The molecule has 0 aromatic heterocycles. The summed E-state index contributed by atoms with van der Waals surface area (Å²) in [6.45, 7) is 6.77. The molecule has 0 saturated heterocycles. The van der Waals surface area contributed by atoms with Crippen LogP contribution in [-0.2, 0) is 5.60 Å². The average Bonchev–Trinajstić information content (AvgIpc) is 2.35. The van der Waals surface area contributed by atoms with Gasteiger partial charge in [-0.3, -0.25) is 0 Å². The van der Waals surface area contributed by atoms with Crippen molar-refractivity contribution in [1.82, 2.24) is 0 Å². The molecule has 0 aliphatic rings. The van der Waals surface area contributed by atoms with Gasteiger partial charge in [0.05, 0.1) is 12.2 Å². The van der Waals surface area contributed by atoms with Gasteiger partial charge < -0.3 is 9.84 Å². The Hall–Kier alpha value is -1.02. The molecule has 1 N–H and O–H groups in total. The maximum Gasteiger partial charge on any atom is 0.125 e. The molecule has 0 spiro atoms. The van der Waals surface area contributed by atoms with Crippen molar-refractivity contribution in [2.45, 2.75) is 45.6 Å². The van der Waals surface area contributed by atoms with Gasteiger partial charge in [0.25, 0.3) is 0 Å². The van der Waals surface area contributed by atoms with E-state index in [-0.39, 0.29) is 0 Å². The Labute approximate surface area is 98.3 Å². The zero-order valence-corrected chi connectivity index (χ0v) is 10.5. The van der Waals surface area contributed by atoms with Crippen molar-refractivity contribution in [3.05, 3.63) is 29.8 Å². The zero-order chi connectivity index (χ0) is 12.0. The largest absolute Gasteiger partial charge is 0.493 e. The Balaban J connectivity index is 3.01. The van der Waals surface area contributed by atoms with Gasteiger partial charge in [0.1, 0.15) is 5.75 Å². The van der Waals surface area contributed by atoms with Crippen LogP contribution in [0, 0.1) is 0 Å². The maximum absolute atomic E-state index is 10.5. The first kappa shape index (κ1) is 13.0. The standard InChI is InChI=1S/C14H22O2/c1-4-11-16-13-10-8-7-9-12(13)14(15,5-2)6-3/h7-10,15H,4-6,11H2,1-3H3. The van der Waals surface area contributed by atoms with Crippen molar-refractivity contribution in [3.8, 4) is 5.75 Å². The lowest BCUT2D eigenvalue weighted by molar-refractivity contribution is 0.0254. The number of para-hydroxylation sites is 1. The number of hydrogen-bond acceptors (Lipinski definition) is 2. The molecule has 1 rings (SSSR count). The van der Waals surface area contributed by atoms with E-state index in [1.54, 1.807) is 0 Å². The van der Waals surface area contributed by atoms with Crippen LogP contribution in [0.2, 0.25) is 0 Å². The molecule has 1 aromatic carbocycles. The van der Waals surface area contributed by atoms with Crippen molar-refractivity contribution in [3.63, 3.8) is 0 Å². The van der Waals surface area contributed by atoms with Crippen molar-refractivity contribution in [1.29, 1.82) is 0 Å². The van der Waals surface area contributed by atoms with Crippen LogP contribution in [0.15, 0.2) is 24.3 Å². The fourth-order valence-corrected chi connectivity index (χ4v) is 1.82. The third-order valence-electron chi connectivity index (χ3n) is 3.02. The molecule has 0 saturated carbocycles. The highest BCUT2D eigenvalue weighted by Crippen LogP contribution is 2.35. The van der Waals surface area contributed by atoms with Gasteiger partial charge in [-0.05, 0) is 25.3 Å². The van der Waals surface area contributed by atoms with Crippen LogP contribution in [0.4, 0.5) is 0 Å². The molecule has 0 aliphatic heterocycles. The molecule has 16 heavy (non-hydrogen) atoms. The molecule has 0 unspecified atom stereocenters. The van der Waals surface area contributed by atoms with Crippen LogP contribution >= 0.6 is 0 Å². The molecule has 0 heterocycles. The van der Waals surface area contributed by atoms with Gasteiger partial charge in [0, 0.05) is 5.56 Å². The van der Waals surface area contributed by atoms with E-state index in [0.29, 0.717) is 19.4 Å². The Morgan fingerprint density at radius 2 is 1.75 bits per heavy atom. The molecule has 1 aromatic rings. The summed E-state index contributed by atoms with van der Waals surface area (Å²) in [5, 5.41) is 10.5.